The van der Waals surface area contributed by atoms with Crippen LogP contribution in [0.15, 0.2) is 41.0 Å². The van der Waals surface area contributed by atoms with Gasteiger partial charge in [-0.3, -0.25) is 9.78 Å². The fourth-order valence-electron chi connectivity index (χ4n) is 3.16. The zero-order valence-electron chi connectivity index (χ0n) is 12.4. The number of aryl methyl sites for hydroxylation is 1. The highest BCUT2D eigenvalue weighted by Crippen LogP contribution is 2.31. The molecule has 1 aliphatic carbocycles. The van der Waals surface area contributed by atoms with Gasteiger partial charge >= 0.3 is 0 Å². The van der Waals surface area contributed by atoms with Gasteiger partial charge in [-0.1, -0.05) is 11.6 Å². The molecule has 1 amide bonds. The average Bonchev–Trinajstić information content (AvgIpc) is 3.21. The van der Waals surface area contributed by atoms with Crippen LogP contribution in [0.3, 0.4) is 0 Å². The first kappa shape index (κ1) is 14.3. The van der Waals surface area contributed by atoms with Gasteiger partial charge in [-0.05, 0) is 55.2 Å². The van der Waals surface area contributed by atoms with E-state index < -0.39 is 0 Å². The molecule has 0 spiro atoms. The number of pyridine rings is 1. The summed E-state index contributed by atoms with van der Waals surface area (Å²) in [6, 6.07) is 9.15. The number of halogens is 1. The van der Waals surface area contributed by atoms with Gasteiger partial charge in [0.05, 0.1) is 23.9 Å². The molecular weight excluding hydrogens is 312 g/mol. The molecule has 0 unspecified atom stereocenters. The number of hydrogen-bond donors (Lipinski definition) is 1. The van der Waals surface area contributed by atoms with Crippen molar-refractivity contribution in [2.75, 3.05) is 0 Å². The number of carbonyl (C=O) groups excluding carboxylic acids is 1. The third-order valence-corrected chi connectivity index (χ3v) is 4.44. The molecule has 0 radical (unpaired) electrons. The summed E-state index contributed by atoms with van der Waals surface area (Å²) >= 11 is 6.13. The van der Waals surface area contributed by atoms with Gasteiger partial charge in [0.2, 0.25) is 0 Å². The minimum Gasteiger partial charge on any atom is -0.467 e. The molecule has 0 fully saturated rings. The summed E-state index contributed by atoms with van der Waals surface area (Å²) in [5.41, 5.74) is 3.61. The van der Waals surface area contributed by atoms with Crippen LogP contribution in [0.5, 0.6) is 0 Å². The van der Waals surface area contributed by atoms with E-state index in [1.807, 2.05) is 24.3 Å². The molecule has 4 rings (SSSR count). The van der Waals surface area contributed by atoms with E-state index in [9.17, 15) is 4.79 Å². The Morgan fingerprint density at radius 2 is 2.22 bits per heavy atom. The first-order valence-electron chi connectivity index (χ1n) is 7.64. The van der Waals surface area contributed by atoms with Crippen LogP contribution in [0.4, 0.5) is 0 Å². The van der Waals surface area contributed by atoms with E-state index in [0.29, 0.717) is 17.1 Å². The van der Waals surface area contributed by atoms with Gasteiger partial charge < -0.3 is 9.73 Å². The summed E-state index contributed by atoms with van der Waals surface area (Å²) in [7, 11) is 0. The molecule has 0 saturated heterocycles. The van der Waals surface area contributed by atoms with Crippen molar-refractivity contribution >= 4 is 28.4 Å². The van der Waals surface area contributed by atoms with Crippen LogP contribution in [0.1, 0.15) is 33.8 Å². The molecule has 1 aliphatic rings. The van der Waals surface area contributed by atoms with Gasteiger partial charge in [-0.2, -0.15) is 0 Å². The summed E-state index contributed by atoms with van der Waals surface area (Å²) in [4.78, 5) is 17.5. The summed E-state index contributed by atoms with van der Waals surface area (Å²) in [6.45, 7) is 0.366. The van der Waals surface area contributed by atoms with E-state index in [4.69, 9.17) is 21.0 Å². The topological polar surface area (TPSA) is 55.1 Å². The molecule has 1 N–H and O–H groups in total. The molecule has 2 heterocycles. The van der Waals surface area contributed by atoms with Gasteiger partial charge in [0, 0.05) is 16.1 Å². The molecule has 23 heavy (non-hydrogen) atoms. The van der Waals surface area contributed by atoms with Crippen LogP contribution in [0.2, 0.25) is 5.02 Å². The van der Waals surface area contributed by atoms with Crippen molar-refractivity contribution < 1.29 is 9.21 Å². The predicted octanol–water partition coefficient (Wildman–Crippen LogP) is 3.90. The Labute approximate surface area is 138 Å². The third-order valence-electron chi connectivity index (χ3n) is 4.20. The lowest BCUT2D eigenvalue weighted by Gasteiger charge is -2.12. The molecular formula is C18H15ClN2O2. The number of rotatable bonds is 3. The standard InChI is InChI=1S/C18H15ClN2O2/c19-11-6-7-16-14(9-11)17(13-4-1-5-15(13)21-16)18(22)20-10-12-3-2-8-23-12/h2-3,6-9H,1,4-5,10H2,(H,20,22). The van der Waals surface area contributed by atoms with E-state index in [-0.39, 0.29) is 5.91 Å². The quantitative estimate of drug-likeness (QED) is 0.794. The van der Waals surface area contributed by atoms with Crippen molar-refractivity contribution in [3.05, 3.63) is 64.2 Å². The zero-order chi connectivity index (χ0) is 15.8. The van der Waals surface area contributed by atoms with E-state index in [1.165, 1.54) is 0 Å². The summed E-state index contributed by atoms with van der Waals surface area (Å²) in [6.07, 6.45) is 4.44. The van der Waals surface area contributed by atoms with E-state index in [1.54, 1.807) is 12.3 Å². The molecule has 1 aromatic carbocycles. The molecule has 3 aromatic rings. The van der Waals surface area contributed by atoms with Crippen LogP contribution in [-0.2, 0) is 19.4 Å². The van der Waals surface area contributed by atoms with Gasteiger partial charge in [0.1, 0.15) is 5.76 Å². The van der Waals surface area contributed by atoms with Gasteiger partial charge in [0.25, 0.3) is 5.91 Å². The number of carbonyl (C=O) groups is 1. The number of fused-ring (bicyclic) bond motifs is 2. The Bertz CT molecular complexity index is 888. The fraction of sp³-hybridized carbons (Fsp3) is 0.222. The third kappa shape index (κ3) is 2.59. The molecule has 0 atom stereocenters. The first-order chi connectivity index (χ1) is 11.2. The lowest BCUT2D eigenvalue weighted by Crippen LogP contribution is -2.24. The first-order valence-corrected chi connectivity index (χ1v) is 8.02. The maximum Gasteiger partial charge on any atom is 0.252 e. The highest BCUT2D eigenvalue weighted by Gasteiger charge is 2.23. The fourth-order valence-corrected chi connectivity index (χ4v) is 3.33. The van der Waals surface area contributed by atoms with Crippen LogP contribution in [0.25, 0.3) is 10.9 Å². The van der Waals surface area contributed by atoms with Crippen molar-refractivity contribution in [2.45, 2.75) is 25.8 Å². The Morgan fingerprint density at radius 1 is 1.30 bits per heavy atom. The number of furan rings is 1. The maximum atomic E-state index is 12.8. The molecule has 2 aromatic heterocycles. The van der Waals surface area contributed by atoms with Crippen molar-refractivity contribution in [3.63, 3.8) is 0 Å². The number of amides is 1. The number of nitrogens with zero attached hydrogens (tertiary/aromatic N) is 1. The lowest BCUT2D eigenvalue weighted by atomic mass is 10.0. The summed E-state index contributed by atoms with van der Waals surface area (Å²) < 4.78 is 5.27. The molecule has 0 saturated carbocycles. The van der Waals surface area contributed by atoms with Crippen molar-refractivity contribution in [1.29, 1.82) is 0 Å². The molecule has 0 aliphatic heterocycles. The maximum absolute atomic E-state index is 12.8. The van der Waals surface area contributed by atoms with E-state index in [2.05, 4.69) is 5.32 Å². The number of aromatic nitrogens is 1. The number of benzene rings is 1. The number of hydrogen-bond acceptors (Lipinski definition) is 3. The van der Waals surface area contributed by atoms with Crippen LogP contribution in [0, 0.1) is 0 Å². The van der Waals surface area contributed by atoms with Crippen molar-refractivity contribution in [3.8, 4) is 0 Å². The molecule has 0 bridgehead atoms. The lowest BCUT2D eigenvalue weighted by molar-refractivity contribution is 0.0949. The van der Waals surface area contributed by atoms with E-state index >= 15 is 0 Å². The van der Waals surface area contributed by atoms with Crippen LogP contribution < -0.4 is 5.32 Å². The van der Waals surface area contributed by atoms with Crippen LogP contribution in [-0.4, -0.2) is 10.9 Å². The second-order valence-corrected chi connectivity index (χ2v) is 6.13. The van der Waals surface area contributed by atoms with Gasteiger partial charge in [0.15, 0.2) is 0 Å². The summed E-state index contributed by atoms with van der Waals surface area (Å²) in [5.74, 6) is 0.626. The van der Waals surface area contributed by atoms with Crippen LogP contribution >= 0.6 is 11.6 Å². The van der Waals surface area contributed by atoms with Gasteiger partial charge in [-0.25, -0.2) is 0 Å². The van der Waals surface area contributed by atoms with Crippen molar-refractivity contribution in [1.82, 2.24) is 10.3 Å². The Hall–Kier alpha value is -2.33. The smallest absolute Gasteiger partial charge is 0.252 e. The minimum absolute atomic E-state index is 0.103. The predicted molar refractivity (Wildman–Crippen MR) is 88.7 cm³/mol. The highest BCUT2D eigenvalue weighted by atomic mass is 35.5. The SMILES string of the molecule is O=C(NCc1ccco1)c1c2c(nc3ccc(Cl)cc13)CCC2. The normalized spacial score (nSPS) is 13.3. The Kier molecular flexibility index (Phi) is 3.54. The molecule has 4 nitrogen and oxygen atoms in total. The van der Waals surface area contributed by atoms with Crippen molar-refractivity contribution in [2.24, 2.45) is 0 Å². The molecule has 5 heteroatoms. The monoisotopic (exact) mass is 326 g/mol. The Balaban J connectivity index is 1.77. The Morgan fingerprint density at radius 3 is 3.04 bits per heavy atom. The van der Waals surface area contributed by atoms with E-state index in [0.717, 1.165) is 47.2 Å². The second kappa shape index (κ2) is 5.70. The minimum atomic E-state index is -0.103. The average molecular weight is 327 g/mol. The largest absolute Gasteiger partial charge is 0.467 e. The number of nitrogens with one attached hydrogen (secondary N) is 1. The second-order valence-electron chi connectivity index (χ2n) is 5.69. The molecule has 116 valence electrons. The summed E-state index contributed by atoms with van der Waals surface area (Å²) in [5, 5.41) is 4.36. The highest BCUT2D eigenvalue weighted by molar-refractivity contribution is 6.31. The zero-order valence-corrected chi connectivity index (χ0v) is 13.2. The van der Waals surface area contributed by atoms with Gasteiger partial charge in [-0.15, -0.1) is 0 Å².